The quantitative estimate of drug-likeness (QED) is 0.0199. The summed E-state index contributed by atoms with van der Waals surface area (Å²) in [6.07, 6.45) is 74.7. The van der Waals surface area contributed by atoms with E-state index >= 15 is 0 Å². The predicted octanol–water partition coefficient (Wildman–Crippen LogP) is 18.1. The topological polar surface area (TPSA) is 78.9 Å². The first kappa shape index (κ1) is 62.8. The van der Waals surface area contributed by atoms with E-state index in [1.807, 2.05) is 0 Å². The summed E-state index contributed by atoms with van der Waals surface area (Å²) < 4.78 is 16.7. The molecule has 0 aliphatic carbocycles. The van der Waals surface area contributed by atoms with Gasteiger partial charge >= 0.3 is 17.9 Å². The van der Waals surface area contributed by atoms with E-state index in [0.29, 0.717) is 19.3 Å². The maximum Gasteiger partial charge on any atom is 0.306 e. The Hall–Kier alpha value is -4.19. The van der Waals surface area contributed by atoms with Crippen LogP contribution in [0.2, 0.25) is 0 Å². The van der Waals surface area contributed by atoms with Gasteiger partial charge in [-0.05, 0) is 109 Å². The van der Waals surface area contributed by atoms with Crippen LogP contribution < -0.4 is 0 Å². The van der Waals surface area contributed by atoms with Gasteiger partial charge in [0.1, 0.15) is 13.2 Å². The number of hydrogen-bond acceptors (Lipinski definition) is 6. The fourth-order valence-electron chi connectivity index (χ4n) is 6.95. The van der Waals surface area contributed by atoms with Gasteiger partial charge in [0.15, 0.2) is 6.10 Å². The highest BCUT2D eigenvalue weighted by atomic mass is 16.6. The Labute approximate surface area is 412 Å². The molecule has 0 saturated carbocycles. The van der Waals surface area contributed by atoms with Gasteiger partial charge in [-0.25, -0.2) is 0 Å². The number of carbonyl (C=O) groups excluding carboxylic acids is 3. The van der Waals surface area contributed by atoms with E-state index in [2.05, 4.69) is 142 Å². The van der Waals surface area contributed by atoms with Gasteiger partial charge in [0.25, 0.3) is 0 Å². The minimum atomic E-state index is -0.827. The van der Waals surface area contributed by atoms with Crippen molar-refractivity contribution in [1.29, 1.82) is 0 Å². The number of unbranched alkanes of at least 4 members (excludes halogenated alkanes) is 19. The van der Waals surface area contributed by atoms with E-state index in [9.17, 15) is 14.4 Å². The summed E-state index contributed by atoms with van der Waals surface area (Å²) in [7, 11) is 0. The number of allylic oxidation sites excluding steroid dienone is 20. The molecule has 67 heavy (non-hydrogen) atoms. The van der Waals surface area contributed by atoms with E-state index < -0.39 is 6.10 Å². The largest absolute Gasteiger partial charge is 0.462 e. The summed E-state index contributed by atoms with van der Waals surface area (Å²) in [6.45, 7) is 6.38. The van der Waals surface area contributed by atoms with Gasteiger partial charge in [0.05, 0.1) is 0 Å². The molecule has 1 atom stereocenters. The van der Waals surface area contributed by atoms with E-state index in [1.165, 1.54) is 64.2 Å². The lowest BCUT2D eigenvalue weighted by Crippen LogP contribution is -2.30. The van der Waals surface area contributed by atoms with Gasteiger partial charge in [-0.3, -0.25) is 14.4 Å². The van der Waals surface area contributed by atoms with Crippen molar-refractivity contribution in [2.24, 2.45) is 0 Å². The van der Waals surface area contributed by atoms with Crippen molar-refractivity contribution in [1.82, 2.24) is 0 Å². The van der Waals surface area contributed by atoms with Crippen LogP contribution in [0.4, 0.5) is 0 Å². The monoisotopic (exact) mass is 927 g/mol. The summed E-state index contributed by atoms with van der Waals surface area (Å²) in [5.74, 6) is -1.02. The Morgan fingerprint density at radius 3 is 1.12 bits per heavy atom. The van der Waals surface area contributed by atoms with Gasteiger partial charge in [0.2, 0.25) is 0 Å². The smallest absolute Gasteiger partial charge is 0.306 e. The first-order valence-electron chi connectivity index (χ1n) is 27.1. The highest BCUT2D eigenvalue weighted by Crippen LogP contribution is 2.12. The lowest BCUT2D eigenvalue weighted by molar-refractivity contribution is -0.167. The average molecular weight is 927 g/mol. The zero-order valence-corrected chi connectivity index (χ0v) is 43.1. The fourth-order valence-corrected chi connectivity index (χ4v) is 6.95. The van der Waals surface area contributed by atoms with Crippen molar-refractivity contribution >= 4 is 17.9 Å². The van der Waals surface area contributed by atoms with Crippen molar-refractivity contribution in [2.75, 3.05) is 13.2 Å². The van der Waals surface area contributed by atoms with Gasteiger partial charge in [-0.15, -0.1) is 0 Å². The van der Waals surface area contributed by atoms with Crippen molar-refractivity contribution in [3.05, 3.63) is 122 Å². The molecule has 0 rings (SSSR count). The molecule has 0 aliphatic heterocycles. The van der Waals surface area contributed by atoms with Crippen LogP contribution in [0.25, 0.3) is 0 Å². The summed E-state index contributed by atoms with van der Waals surface area (Å²) in [5, 5.41) is 0. The lowest BCUT2D eigenvalue weighted by Gasteiger charge is -2.18. The highest BCUT2D eigenvalue weighted by molar-refractivity contribution is 5.71. The Morgan fingerprint density at radius 1 is 0.328 bits per heavy atom. The number of esters is 3. The number of rotatable bonds is 47. The fraction of sp³-hybridized carbons (Fsp3) is 0.623. The molecule has 0 spiro atoms. The van der Waals surface area contributed by atoms with Crippen LogP contribution in [-0.4, -0.2) is 37.2 Å². The molecule has 0 saturated heterocycles. The third kappa shape index (κ3) is 52.6. The molecule has 0 bridgehead atoms. The molecular formula is C61H98O6. The van der Waals surface area contributed by atoms with Gasteiger partial charge in [0, 0.05) is 19.3 Å². The van der Waals surface area contributed by atoms with Crippen LogP contribution in [0.5, 0.6) is 0 Å². The number of carbonyl (C=O) groups is 3. The van der Waals surface area contributed by atoms with Crippen LogP contribution >= 0.6 is 0 Å². The first-order valence-corrected chi connectivity index (χ1v) is 27.1. The molecule has 378 valence electrons. The third-order valence-corrected chi connectivity index (χ3v) is 11.0. The molecule has 0 heterocycles. The van der Waals surface area contributed by atoms with E-state index in [4.69, 9.17) is 14.2 Å². The van der Waals surface area contributed by atoms with Crippen molar-refractivity contribution in [3.8, 4) is 0 Å². The molecule has 0 aromatic rings. The van der Waals surface area contributed by atoms with Crippen LogP contribution in [0, 0.1) is 0 Å². The molecular weight excluding hydrogens is 829 g/mol. The van der Waals surface area contributed by atoms with Crippen LogP contribution in [-0.2, 0) is 28.6 Å². The van der Waals surface area contributed by atoms with Gasteiger partial charge < -0.3 is 14.2 Å². The molecule has 0 radical (unpaired) electrons. The maximum absolute atomic E-state index is 12.8. The molecule has 0 aliphatic rings. The maximum atomic E-state index is 12.8. The molecule has 0 aromatic heterocycles. The van der Waals surface area contributed by atoms with Crippen molar-refractivity contribution in [2.45, 2.75) is 232 Å². The molecule has 6 heteroatoms. The number of hydrogen-bond donors (Lipinski definition) is 0. The average Bonchev–Trinajstić information content (AvgIpc) is 3.33. The van der Waals surface area contributed by atoms with Gasteiger partial charge in [-0.1, -0.05) is 219 Å². The Morgan fingerprint density at radius 2 is 0.657 bits per heavy atom. The minimum absolute atomic E-state index is 0.121. The molecule has 0 amide bonds. The van der Waals surface area contributed by atoms with Crippen LogP contribution in [0.15, 0.2) is 122 Å². The molecule has 0 aromatic carbocycles. The van der Waals surface area contributed by atoms with E-state index in [-0.39, 0.29) is 37.5 Å². The second-order valence-corrected chi connectivity index (χ2v) is 17.5. The van der Waals surface area contributed by atoms with Crippen molar-refractivity contribution < 1.29 is 28.6 Å². The van der Waals surface area contributed by atoms with E-state index in [0.717, 1.165) is 116 Å². The molecule has 0 fully saturated rings. The SMILES string of the molecule is CC/C=C\C/C=C\C/C=C\CCCCCCC(=O)OCC(COC(=O)CCCCCCC\C=C/C=C\C=C/C=C\CCCCC)OC(=O)CCC/C=C\C/C=C\C/C=C\CCCCCCCC. The standard InChI is InChI=1S/C61H98O6/c1-4-7-10-13-16-19-22-25-28-30-32-33-36-39-42-45-48-51-54-60(63)66-57-58(56-65-59(62)53-50-47-44-41-38-35-27-24-21-18-15-12-9-6-3)67-61(64)55-52-49-46-43-40-37-34-31-29-26-23-20-17-14-11-8-5-2/h9,12,16,18-19,21-22,25-30,32-35,37,43,46,58H,4-8,10-11,13-15,17,20,23-24,31,36,38-42,44-45,47-57H2,1-3H3/b12-9-,19-16-,21-18-,25-22-,29-26-,30-28-,33-32-,35-27-,37-34-,46-43-. The molecule has 6 nitrogen and oxygen atoms in total. The third-order valence-electron chi connectivity index (χ3n) is 11.0. The van der Waals surface area contributed by atoms with Crippen LogP contribution in [0.3, 0.4) is 0 Å². The Balaban J connectivity index is 4.57. The minimum Gasteiger partial charge on any atom is -0.462 e. The normalized spacial score (nSPS) is 13.1. The second-order valence-electron chi connectivity index (χ2n) is 17.5. The summed E-state index contributed by atoms with van der Waals surface area (Å²) >= 11 is 0. The summed E-state index contributed by atoms with van der Waals surface area (Å²) in [4.78, 5) is 38.0. The summed E-state index contributed by atoms with van der Waals surface area (Å²) in [6, 6.07) is 0. The van der Waals surface area contributed by atoms with Crippen molar-refractivity contribution in [3.63, 3.8) is 0 Å². The number of ether oxygens (including phenoxy) is 3. The zero-order chi connectivity index (χ0) is 48.6. The summed E-state index contributed by atoms with van der Waals surface area (Å²) in [5.41, 5.74) is 0. The Bertz CT molecular complexity index is 1440. The van der Waals surface area contributed by atoms with Crippen LogP contribution in [0.1, 0.15) is 226 Å². The zero-order valence-electron chi connectivity index (χ0n) is 43.1. The predicted molar refractivity (Wildman–Crippen MR) is 288 cm³/mol. The molecule has 1 unspecified atom stereocenters. The molecule has 0 N–H and O–H groups in total. The lowest BCUT2D eigenvalue weighted by atomic mass is 10.1. The first-order chi connectivity index (χ1) is 33.0. The second kappa shape index (κ2) is 54.4. The highest BCUT2D eigenvalue weighted by Gasteiger charge is 2.19. The van der Waals surface area contributed by atoms with Gasteiger partial charge in [-0.2, -0.15) is 0 Å². The Kier molecular flexibility index (Phi) is 51.0. The van der Waals surface area contributed by atoms with E-state index in [1.54, 1.807) is 0 Å².